The van der Waals surface area contributed by atoms with E-state index in [-0.39, 0.29) is 17.9 Å². The van der Waals surface area contributed by atoms with Crippen molar-refractivity contribution < 1.29 is 9.59 Å². The van der Waals surface area contributed by atoms with Gasteiger partial charge in [0.1, 0.15) is 0 Å². The molecule has 0 saturated heterocycles. The highest BCUT2D eigenvalue weighted by Gasteiger charge is 2.27. The summed E-state index contributed by atoms with van der Waals surface area (Å²) in [6.07, 6.45) is 3.85. The van der Waals surface area contributed by atoms with Crippen LogP contribution in [-0.4, -0.2) is 24.4 Å². The molecule has 2 N–H and O–H groups in total. The minimum atomic E-state index is -0.108. The Morgan fingerprint density at radius 3 is 2.86 bits per heavy atom. The predicted molar refractivity (Wildman–Crippen MR) is 85.4 cm³/mol. The topological polar surface area (TPSA) is 58.2 Å². The Morgan fingerprint density at radius 2 is 2.14 bits per heavy atom. The minimum Gasteiger partial charge on any atom is -0.353 e. The van der Waals surface area contributed by atoms with Gasteiger partial charge in [-0.3, -0.25) is 9.59 Å². The molecule has 1 aromatic rings. The second-order valence-electron chi connectivity index (χ2n) is 5.96. The maximum Gasteiger partial charge on any atom is 0.252 e. The van der Waals surface area contributed by atoms with Gasteiger partial charge in [0, 0.05) is 30.0 Å². The fourth-order valence-electron chi connectivity index (χ4n) is 2.85. The van der Waals surface area contributed by atoms with Gasteiger partial charge >= 0.3 is 0 Å². The SMILES string of the molecule is C[C@H]1[C@H](C)CCC[C@H]1NC(=O)CCNC(=O)c1ccsc1. The average molecular weight is 308 g/mol. The Bertz CT molecular complexity index is 473. The standard InChI is InChI=1S/C16H24N2O2S/c1-11-4-3-5-14(12(11)2)18-15(19)6-8-17-16(20)13-7-9-21-10-13/h7,9-12,14H,3-6,8H2,1-2H3,(H,17,20)(H,18,19)/t11-,12+,14-/m1/s1. The molecule has 0 bridgehead atoms. The Hall–Kier alpha value is -1.36. The second kappa shape index (κ2) is 7.59. The van der Waals surface area contributed by atoms with E-state index in [4.69, 9.17) is 0 Å². The van der Waals surface area contributed by atoms with Gasteiger partial charge < -0.3 is 10.6 Å². The van der Waals surface area contributed by atoms with Gasteiger partial charge in [0.25, 0.3) is 5.91 Å². The molecule has 1 aliphatic carbocycles. The summed E-state index contributed by atoms with van der Waals surface area (Å²) < 4.78 is 0. The minimum absolute atomic E-state index is 0.0339. The highest BCUT2D eigenvalue weighted by atomic mass is 32.1. The first-order chi connectivity index (χ1) is 10.1. The molecule has 0 unspecified atom stereocenters. The van der Waals surface area contributed by atoms with Crippen LogP contribution in [0.2, 0.25) is 0 Å². The van der Waals surface area contributed by atoms with E-state index in [1.54, 1.807) is 11.4 Å². The lowest BCUT2D eigenvalue weighted by molar-refractivity contribution is -0.122. The number of hydrogen-bond acceptors (Lipinski definition) is 3. The van der Waals surface area contributed by atoms with Crippen LogP contribution in [0.4, 0.5) is 0 Å². The summed E-state index contributed by atoms with van der Waals surface area (Å²) in [5.74, 6) is 1.13. The molecule has 4 nitrogen and oxygen atoms in total. The van der Waals surface area contributed by atoms with Crippen molar-refractivity contribution in [1.82, 2.24) is 10.6 Å². The Morgan fingerprint density at radius 1 is 1.33 bits per heavy atom. The fraction of sp³-hybridized carbons (Fsp3) is 0.625. The van der Waals surface area contributed by atoms with Crippen LogP contribution >= 0.6 is 11.3 Å². The van der Waals surface area contributed by atoms with Crippen molar-refractivity contribution in [3.63, 3.8) is 0 Å². The molecule has 1 aliphatic rings. The number of carbonyl (C=O) groups excluding carboxylic acids is 2. The molecular formula is C16H24N2O2S. The zero-order chi connectivity index (χ0) is 15.2. The number of thiophene rings is 1. The van der Waals surface area contributed by atoms with Gasteiger partial charge in [-0.15, -0.1) is 0 Å². The maximum absolute atomic E-state index is 12.0. The van der Waals surface area contributed by atoms with Gasteiger partial charge in [-0.1, -0.05) is 26.7 Å². The van der Waals surface area contributed by atoms with E-state index in [9.17, 15) is 9.59 Å². The molecule has 1 fully saturated rings. The van der Waals surface area contributed by atoms with Crippen molar-refractivity contribution in [2.75, 3.05) is 6.54 Å². The first-order valence-corrected chi connectivity index (χ1v) is 8.62. The van der Waals surface area contributed by atoms with E-state index >= 15 is 0 Å². The van der Waals surface area contributed by atoms with Gasteiger partial charge in [0.05, 0.1) is 0 Å². The summed E-state index contributed by atoms with van der Waals surface area (Å²) in [5, 5.41) is 9.57. The van der Waals surface area contributed by atoms with E-state index < -0.39 is 0 Å². The monoisotopic (exact) mass is 308 g/mol. The molecule has 1 aromatic heterocycles. The van der Waals surface area contributed by atoms with Crippen molar-refractivity contribution in [3.8, 4) is 0 Å². The molecule has 0 radical (unpaired) electrons. The van der Waals surface area contributed by atoms with Crippen molar-refractivity contribution in [2.24, 2.45) is 11.8 Å². The van der Waals surface area contributed by atoms with Crippen LogP contribution in [0.25, 0.3) is 0 Å². The number of hydrogen-bond donors (Lipinski definition) is 2. The highest BCUT2D eigenvalue weighted by Crippen LogP contribution is 2.29. The number of amides is 2. The molecule has 116 valence electrons. The van der Waals surface area contributed by atoms with Crippen LogP contribution in [-0.2, 0) is 4.79 Å². The lowest BCUT2D eigenvalue weighted by Gasteiger charge is -2.34. The number of nitrogens with one attached hydrogen (secondary N) is 2. The van der Waals surface area contributed by atoms with Crippen molar-refractivity contribution in [1.29, 1.82) is 0 Å². The maximum atomic E-state index is 12.0. The molecule has 1 saturated carbocycles. The number of rotatable bonds is 5. The van der Waals surface area contributed by atoms with Gasteiger partial charge in [-0.05, 0) is 29.7 Å². The van der Waals surface area contributed by atoms with Crippen LogP contribution in [0, 0.1) is 11.8 Å². The van der Waals surface area contributed by atoms with Crippen molar-refractivity contribution in [2.45, 2.75) is 45.6 Å². The van der Waals surface area contributed by atoms with Crippen LogP contribution < -0.4 is 10.6 Å². The normalized spacial score (nSPS) is 25.3. The zero-order valence-corrected chi connectivity index (χ0v) is 13.5. The van der Waals surface area contributed by atoms with Crippen molar-refractivity contribution in [3.05, 3.63) is 22.4 Å². The molecule has 5 heteroatoms. The molecule has 0 aliphatic heterocycles. The van der Waals surface area contributed by atoms with E-state index in [0.717, 1.165) is 6.42 Å². The molecular weight excluding hydrogens is 284 g/mol. The van der Waals surface area contributed by atoms with Gasteiger partial charge in [0.2, 0.25) is 5.91 Å². The lowest BCUT2D eigenvalue weighted by Crippen LogP contribution is -2.44. The molecule has 2 rings (SSSR count). The third-order valence-electron chi connectivity index (χ3n) is 4.47. The Kier molecular flexibility index (Phi) is 5.79. The van der Waals surface area contributed by atoms with Crippen molar-refractivity contribution >= 4 is 23.2 Å². The molecule has 1 heterocycles. The first-order valence-electron chi connectivity index (χ1n) is 7.67. The molecule has 3 atom stereocenters. The predicted octanol–water partition coefficient (Wildman–Crippen LogP) is 2.81. The van der Waals surface area contributed by atoms with Crippen LogP contribution in [0.15, 0.2) is 16.8 Å². The molecule has 2 amide bonds. The summed E-state index contributed by atoms with van der Waals surface area (Å²) in [7, 11) is 0. The van der Waals surface area contributed by atoms with E-state index in [2.05, 4.69) is 24.5 Å². The van der Waals surface area contributed by atoms with E-state index in [1.807, 2.05) is 5.38 Å². The van der Waals surface area contributed by atoms with Crippen LogP contribution in [0.5, 0.6) is 0 Å². The van der Waals surface area contributed by atoms with E-state index in [0.29, 0.717) is 30.4 Å². The average Bonchev–Trinajstić information content (AvgIpc) is 2.98. The Balaban J connectivity index is 1.69. The second-order valence-corrected chi connectivity index (χ2v) is 6.74. The highest BCUT2D eigenvalue weighted by molar-refractivity contribution is 7.08. The Labute approximate surface area is 130 Å². The van der Waals surface area contributed by atoms with Gasteiger partial charge in [-0.2, -0.15) is 11.3 Å². The summed E-state index contributed by atoms with van der Waals surface area (Å²) in [6.45, 7) is 4.86. The van der Waals surface area contributed by atoms with Gasteiger partial charge in [0.15, 0.2) is 0 Å². The van der Waals surface area contributed by atoms with Crippen LogP contribution in [0.3, 0.4) is 0 Å². The molecule has 0 aromatic carbocycles. The largest absolute Gasteiger partial charge is 0.353 e. The fourth-order valence-corrected chi connectivity index (χ4v) is 3.49. The summed E-state index contributed by atoms with van der Waals surface area (Å²) in [5.41, 5.74) is 0.662. The quantitative estimate of drug-likeness (QED) is 0.879. The van der Waals surface area contributed by atoms with E-state index in [1.165, 1.54) is 24.2 Å². The third-order valence-corrected chi connectivity index (χ3v) is 5.16. The lowest BCUT2D eigenvalue weighted by atomic mass is 9.78. The summed E-state index contributed by atoms with van der Waals surface area (Å²) in [6, 6.07) is 2.07. The molecule has 0 spiro atoms. The smallest absolute Gasteiger partial charge is 0.252 e. The summed E-state index contributed by atoms with van der Waals surface area (Å²) >= 11 is 1.49. The number of carbonyl (C=O) groups is 2. The van der Waals surface area contributed by atoms with Gasteiger partial charge in [-0.25, -0.2) is 0 Å². The summed E-state index contributed by atoms with van der Waals surface area (Å²) in [4.78, 5) is 23.7. The van der Waals surface area contributed by atoms with Crippen LogP contribution in [0.1, 0.15) is 49.9 Å². The zero-order valence-electron chi connectivity index (χ0n) is 12.7. The first kappa shape index (κ1) is 16.0. The third kappa shape index (κ3) is 4.56. The molecule has 21 heavy (non-hydrogen) atoms.